The van der Waals surface area contributed by atoms with Gasteiger partial charge in [-0.1, -0.05) is 0 Å². The number of hydrogen-bond acceptors (Lipinski definition) is 3. The highest BCUT2D eigenvalue weighted by Crippen LogP contribution is 2.41. The highest BCUT2D eigenvalue weighted by Gasteiger charge is 2.45. The third kappa shape index (κ3) is 4.79. The average Bonchev–Trinajstić information content (AvgIpc) is 2.34. The zero-order chi connectivity index (χ0) is 16.6. The maximum atomic E-state index is 11.2. The van der Waals surface area contributed by atoms with Crippen LogP contribution in [0.3, 0.4) is 0 Å². The van der Waals surface area contributed by atoms with Gasteiger partial charge in [0, 0.05) is 33.2 Å². The maximum Gasteiger partial charge on any atom is 0.0650 e. The quantitative estimate of drug-likeness (QED) is 0.779. The van der Waals surface area contributed by atoms with Crippen LogP contribution in [0.2, 0.25) is 0 Å². The van der Waals surface area contributed by atoms with Crippen molar-refractivity contribution >= 4 is 10.2 Å². The Morgan fingerprint density at radius 3 is 2.27 bits per heavy atom. The van der Waals surface area contributed by atoms with Crippen LogP contribution >= 0.6 is 0 Å². The van der Waals surface area contributed by atoms with Gasteiger partial charge in [0.1, 0.15) is 0 Å². The van der Waals surface area contributed by atoms with E-state index in [4.69, 9.17) is 4.74 Å². The second-order valence-corrected chi connectivity index (χ2v) is 11.4. The largest absolute Gasteiger partial charge is 0.390 e. The third-order valence-corrected chi connectivity index (χ3v) is 7.07. The van der Waals surface area contributed by atoms with E-state index in [1.807, 2.05) is 0 Å². The van der Waals surface area contributed by atoms with E-state index in [0.717, 1.165) is 42.5 Å². The fourth-order valence-corrected chi connectivity index (χ4v) is 5.48. The van der Waals surface area contributed by atoms with Gasteiger partial charge in [-0.25, -0.2) is 0 Å². The Bertz CT molecular complexity index is 371. The molecule has 0 bridgehead atoms. The molecule has 2 aliphatic heterocycles. The zero-order valence-corrected chi connectivity index (χ0v) is 17.6. The minimum absolute atomic E-state index is 0.0936. The van der Waals surface area contributed by atoms with Crippen LogP contribution in [0, 0.1) is 5.92 Å². The number of nitrogens with one attached hydrogen (secondary N) is 1. The second-order valence-electron chi connectivity index (χ2n) is 9.61. The Balaban J connectivity index is 1.99. The first-order chi connectivity index (χ1) is 9.93. The lowest BCUT2D eigenvalue weighted by Gasteiger charge is -2.51. The summed E-state index contributed by atoms with van der Waals surface area (Å²) in [4.78, 5) is 0. The predicted molar refractivity (Wildman–Crippen MR) is 96.3 cm³/mol. The minimum Gasteiger partial charge on any atom is -0.390 e. The summed E-state index contributed by atoms with van der Waals surface area (Å²) in [7, 11) is 1.07. The molecule has 2 atom stereocenters. The van der Waals surface area contributed by atoms with Crippen LogP contribution in [0.5, 0.6) is 0 Å². The number of aliphatic hydroxyl groups is 1. The average molecular weight is 328 g/mol. The first-order valence-corrected chi connectivity index (χ1v) is 10.1. The number of rotatable bonds is 4. The summed E-state index contributed by atoms with van der Waals surface area (Å²) in [6.07, 6.45) is 7.66. The van der Waals surface area contributed by atoms with Crippen LogP contribution in [-0.2, 0) is 4.74 Å². The van der Waals surface area contributed by atoms with Gasteiger partial charge in [0.05, 0.1) is 5.60 Å². The normalized spacial score (nSPS) is 35.2. The van der Waals surface area contributed by atoms with E-state index >= 15 is 0 Å². The molecule has 2 aliphatic rings. The molecule has 2 rings (SSSR count). The zero-order valence-electron chi connectivity index (χ0n) is 15.6. The molecule has 0 aromatic carbocycles. The monoisotopic (exact) mass is 327 g/mol. The molecule has 2 heterocycles. The second kappa shape index (κ2) is 6.19. The highest BCUT2D eigenvalue weighted by atomic mass is 28.1. The lowest BCUT2D eigenvalue weighted by atomic mass is 9.68. The molecule has 2 saturated heterocycles. The molecule has 0 radical (unpaired) electrons. The van der Waals surface area contributed by atoms with Crippen molar-refractivity contribution in [3.63, 3.8) is 0 Å². The van der Waals surface area contributed by atoms with Crippen molar-refractivity contribution in [3.8, 4) is 0 Å². The third-order valence-electron chi connectivity index (χ3n) is 5.78. The van der Waals surface area contributed by atoms with Gasteiger partial charge in [-0.05, 0) is 85.5 Å². The fraction of sp³-hybridized carbons (Fsp3) is 1.00. The van der Waals surface area contributed by atoms with Crippen LogP contribution in [0.15, 0.2) is 0 Å². The number of piperidine rings is 1. The van der Waals surface area contributed by atoms with E-state index in [0.29, 0.717) is 5.92 Å². The molecular weight excluding hydrogens is 290 g/mol. The summed E-state index contributed by atoms with van der Waals surface area (Å²) in [5.74, 6) is 0.354. The molecule has 0 aromatic heterocycles. The molecule has 4 heteroatoms. The van der Waals surface area contributed by atoms with Gasteiger partial charge in [-0.2, -0.15) is 0 Å². The highest BCUT2D eigenvalue weighted by molar-refractivity contribution is 6.14. The van der Waals surface area contributed by atoms with Crippen molar-refractivity contribution in [1.29, 1.82) is 0 Å². The van der Waals surface area contributed by atoms with E-state index in [1.165, 1.54) is 19.3 Å². The first-order valence-electron chi connectivity index (χ1n) is 9.09. The SMILES string of the molecule is CC1(C)CC(C(C)(O)CCC2([SiH3])CCCCO2)CC(C)(C)N1. The summed E-state index contributed by atoms with van der Waals surface area (Å²) in [5.41, 5.74) is -0.401. The molecule has 0 saturated carbocycles. The molecule has 0 amide bonds. The van der Waals surface area contributed by atoms with Gasteiger partial charge in [-0.15, -0.1) is 0 Å². The standard InChI is InChI=1S/C18H37NO2Si/c1-15(2)12-14(13-16(3,4)19-15)17(5,20)9-10-18(22)8-6-7-11-21-18/h14,19-20H,6-13H2,1-5,22H3. The maximum absolute atomic E-state index is 11.2. The number of ether oxygens (including phenoxy) is 1. The first kappa shape index (κ1) is 18.4. The van der Waals surface area contributed by atoms with E-state index in [-0.39, 0.29) is 16.3 Å². The van der Waals surface area contributed by atoms with Gasteiger partial charge in [0.25, 0.3) is 0 Å². The lowest BCUT2D eigenvalue weighted by molar-refractivity contribution is -0.0785. The topological polar surface area (TPSA) is 41.5 Å². The van der Waals surface area contributed by atoms with Crippen molar-refractivity contribution < 1.29 is 9.84 Å². The van der Waals surface area contributed by atoms with Crippen LogP contribution in [-0.4, -0.2) is 43.9 Å². The molecule has 2 N–H and O–H groups in total. The molecule has 22 heavy (non-hydrogen) atoms. The fourth-order valence-electron chi connectivity index (χ4n) is 4.67. The minimum atomic E-state index is -0.588. The van der Waals surface area contributed by atoms with Gasteiger partial charge in [0.15, 0.2) is 0 Å². The lowest BCUT2D eigenvalue weighted by Crippen LogP contribution is -2.61. The Labute approximate surface area is 140 Å². The summed E-state index contributed by atoms with van der Waals surface area (Å²) < 4.78 is 6.07. The van der Waals surface area contributed by atoms with E-state index < -0.39 is 5.60 Å². The van der Waals surface area contributed by atoms with E-state index in [2.05, 4.69) is 39.9 Å². The van der Waals surface area contributed by atoms with Crippen LogP contribution < -0.4 is 5.32 Å². The summed E-state index contributed by atoms with van der Waals surface area (Å²) in [6.45, 7) is 12.0. The summed E-state index contributed by atoms with van der Waals surface area (Å²) in [5, 5.41) is 15.0. The van der Waals surface area contributed by atoms with E-state index in [9.17, 15) is 5.11 Å². The van der Waals surface area contributed by atoms with Crippen molar-refractivity contribution in [1.82, 2.24) is 5.32 Å². The summed E-state index contributed by atoms with van der Waals surface area (Å²) >= 11 is 0. The Morgan fingerprint density at radius 2 is 1.77 bits per heavy atom. The van der Waals surface area contributed by atoms with Crippen molar-refractivity contribution in [3.05, 3.63) is 0 Å². The molecule has 2 unspecified atom stereocenters. The molecule has 0 aromatic rings. The molecule has 0 spiro atoms. The van der Waals surface area contributed by atoms with Crippen molar-refractivity contribution in [2.75, 3.05) is 6.61 Å². The molecule has 3 nitrogen and oxygen atoms in total. The van der Waals surface area contributed by atoms with Crippen molar-refractivity contribution in [2.24, 2.45) is 5.92 Å². The molecule has 2 fully saturated rings. The van der Waals surface area contributed by atoms with Gasteiger partial charge in [0.2, 0.25) is 0 Å². The predicted octanol–water partition coefficient (Wildman–Crippen LogP) is 2.34. The Morgan fingerprint density at radius 1 is 1.18 bits per heavy atom. The van der Waals surface area contributed by atoms with Gasteiger partial charge >= 0.3 is 0 Å². The van der Waals surface area contributed by atoms with Gasteiger partial charge in [-0.3, -0.25) is 0 Å². The van der Waals surface area contributed by atoms with Gasteiger partial charge < -0.3 is 15.2 Å². The molecular formula is C18H37NO2Si. The van der Waals surface area contributed by atoms with E-state index in [1.54, 1.807) is 0 Å². The molecule has 130 valence electrons. The van der Waals surface area contributed by atoms with Crippen LogP contribution in [0.1, 0.15) is 79.6 Å². The smallest absolute Gasteiger partial charge is 0.0650 e. The Kier molecular flexibility index (Phi) is 5.19. The van der Waals surface area contributed by atoms with Crippen molar-refractivity contribution in [2.45, 2.75) is 101 Å². The van der Waals surface area contributed by atoms with Crippen LogP contribution in [0.25, 0.3) is 0 Å². The van der Waals surface area contributed by atoms with Crippen LogP contribution in [0.4, 0.5) is 0 Å². The number of hydrogen-bond donors (Lipinski definition) is 2. The Hall–Kier alpha value is 0.0969. The molecule has 0 aliphatic carbocycles. The summed E-state index contributed by atoms with van der Waals surface area (Å²) in [6, 6.07) is 0.